The van der Waals surface area contributed by atoms with E-state index in [2.05, 4.69) is 10.2 Å². The van der Waals surface area contributed by atoms with Gasteiger partial charge in [0, 0.05) is 5.41 Å². The van der Waals surface area contributed by atoms with Crippen LogP contribution in [0.2, 0.25) is 0 Å². The van der Waals surface area contributed by atoms with E-state index in [1.54, 1.807) is 0 Å². The number of hydrogen-bond donors (Lipinski definition) is 0. The van der Waals surface area contributed by atoms with Gasteiger partial charge in [-0.25, -0.2) is 0 Å². The predicted molar refractivity (Wildman–Crippen MR) is 33.3 cm³/mol. The van der Waals surface area contributed by atoms with E-state index in [1.165, 1.54) is 25.7 Å². The van der Waals surface area contributed by atoms with E-state index in [9.17, 15) is 0 Å². The fraction of sp³-hybridized carbons (Fsp3) is 1.00. The number of nitrogens with zero attached hydrogens (tertiary/aromatic N) is 2. The topological polar surface area (TPSA) is 24.7 Å². The third-order valence-corrected chi connectivity index (χ3v) is 3.21. The third-order valence-electron chi connectivity index (χ3n) is 3.21. The maximum Gasteiger partial charge on any atom is 0.0786 e. The molecule has 9 heavy (non-hydrogen) atoms. The van der Waals surface area contributed by atoms with Crippen LogP contribution in [0.25, 0.3) is 0 Å². The quantitative estimate of drug-likeness (QED) is 0.467. The molecule has 2 nitrogen and oxygen atoms in total. The maximum atomic E-state index is 4.24. The van der Waals surface area contributed by atoms with Crippen molar-refractivity contribution in [3.05, 3.63) is 0 Å². The molecule has 0 aromatic rings. The van der Waals surface area contributed by atoms with Crippen molar-refractivity contribution in [3.8, 4) is 0 Å². The summed E-state index contributed by atoms with van der Waals surface area (Å²) in [6.07, 6.45) is 5.48. The standard InChI is InChI=1S/C7H10N2/c1-2-6-7(3-4-7)5(1)8-9-6/h5-6H,1-4H2/t5-,6+. The van der Waals surface area contributed by atoms with E-state index < -0.39 is 0 Å². The molecule has 0 radical (unpaired) electrons. The van der Waals surface area contributed by atoms with E-state index in [-0.39, 0.29) is 0 Å². The molecule has 2 bridgehead atoms. The van der Waals surface area contributed by atoms with Crippen molar-refractivity contribution in [2.75, 3.05) is 0 Å². The molecule has 48 valence electrons. The lowest BCUT2D eigenvalue weighted by atomic mass is 9.99. The summed E-state index contributed by atoms with van der Waals surface area (Å²) in [6.45, 7) is 0. The lowest BCUT2D eigenvalue weighted by molar-refractivity contribution is 0.479. The summed E-state index contributed by atoms with van der Waals surface area (Å²) >= 11 is 0. The summed E-state index contributed by atoms with van der Waals surface area (Å²) in [7, 11) is 0. The van der Waals surface area contributed by atoms with Gasteiger partial charge in [-0.15, -0.1) is 0 Å². The van der Waals surface area contributed by atoms with Crippen LogP contribution in [0, 0.1) is 5.41 Å². The van der Waals surface area contributed by atoms with Crippen LogP contribution >= 0.6 is 0 Å². The highest BCUT2D eigenvalue weighted by Gasteiger charge is 2.62. The molecule has 2 saturated carbocycles. The van der Waals surface area contributed by atoms with Crippen LogP contribution in [0.1, 0.15) is 25.7 Å². The molecule has 1 heterocycles. The van der Waals surface area contributed by atoms with Gasteiger partial charge in [-0.05, 0) is 25.7 Å². The molecule has 2 fully saturated rings. The molecule has 0 N–H and O–H groups in total. The Morgan fingerprint density at radius 2 is 1.56 bits per heavy atom. The first-order valence-electron chi connectivity index (χ1n) is 3.82. The lowest BCUT2D eigenvalue weighted by Crippen LogP contribution is -2.14. The van der Waals surface area contributed by atoms with Crippen LogP contribution in [0.15, 0.2) is 10.2 Å². The van der Waals surface area contributed by atoms with Crippen molar-refractivity contribution in [2.24, 2.45) is 15.6 Å². The minimum absolute atomic E-state index is 0.639. The third kappa shape index (κ3) is 0.337. The van der Waals surface area contributed by atoms with Crippen molar-refractivity contribution >= 4 is 0 Å². The summed E-state index contributed by atoms with van der Waals surface area (Å²) in [5.41, 5.74) is 0.639. The second kappa shape index (κ2) is 1.07. The first-order valence-corrected chi connectivity index (χ1v) is 3.82. The number of rotatable bonds is 0. The Labute approximate surface area is 54.4 Å². The van der Waals surface area contributed by atoms with Gasteiger partial charge >= 0.3 is 0 Å². The predicted octanol–water partition coefficient (Wildman–Crippen LogP) is 1.76. The molecule has 0 unspecified atom stereocenters. The fourth-order valence-corrected chi connectivity index (χ4v) is 2.43. The van der Waals surface area contributed by atoms with E-state index >= 15 is 0 Å². The second-order valence-electron chi connectivity index (χ2n) is 3.57. The Hall–Kier alpha value is -0.400. The molecular formula is C7H10N2. The summed E-state index contributed by atoms with van der Waals surface area (Å²) in [5, 5.41) is 8.49. The van der Waals surface area contributed by atoms with Gasteiger partial charge in [0.1, 0.15) is 0 Å². The van der Waals surface area contributed by atoms with E-state index in [1.807, 2.05) is 0 Å². The average Bonchev–Trinajstić information content (AvgIpc) is 2.53. The van der Waals surface area contributed by atoms with Gasteiger partial charge in [-0.2, -0.15) is 10.2 Å². The number of hydrogen-bond acceptors (Lipinski definition) is 2. The van der Waals surface area contributed by atoms with E-state index in [0.29, 0.717) is 17.5 Å². The molecule has 1 spiro atoms. The van der Waals surface area contributed by atoms with Crippen LogP contribution in [0.4, 0.5) is 0 Å². The molecule has 0 saturated heterocycles. The lowest BCUT2D eigenvalue weighted by Gasteiger charge is -2.06. The van der Waals surface area contributed by atoms with Gasteiger partial charge in [-0.3, -0.25) is 0 Å². The van der Waals surface area contributed by atoms with Crippen molar-refractivity contribution < 1.29 is 0 Å². The van der Waals surface area contributed by atoms with Crippen molar-refractivity contribution in [3.63, 3.8) is 0 Å². The van der Waals surface area contributed by atoms with Crippen LogP contribution in [-0.4, -0.2) is 12.1 Å². The first-order chi connectivity index (χ1) is 4.42. The molecule has 0 amide bonds. The van der Waals surface area contributed by atoms with Crippen LogP contribution in [0.3, 0.4) is 0 Å². The van der Waals surface area contributed by atoms with Crippen LogP contribution < -0.4 is 0 Å². The van der Waals surface area contributed by atoms with Crippen LogP contribution in [0.5, 0.6) is 0 Å². The zero-order valence-corrected chi connectivity index (χ0v) is 5.38. The molecule has 0 aromatic heterocycles. The highest BCUT2D eigenvalue weighted by molar-refractivity contribution is 5.16. The Morgan fingerprint density at radius 1 is 1.00 bits per heavy atom. The Kier molecular flexibility index (Phi) is 0.525. The minimum Gasteiger partial charge on any atom is -0.190 e. The van der Waals surface area contributed by atoms with E-state index in [4.69, 9.17) is 0 Å². The van der Waals surface area contributed by atoms with E-state index in [0.717, 1.165) is 0 Å². The first kappa shape index (κ1) is 4.42. The molecule has 2 heteroatoms. The summed E-state index contributed by atoms with van der Waals surface area (Å²) < 4.78 is 0. The van der Waals surface area contributed by atoms with Gasteiger partial charge in [0.05, 0.1) is 12.1 Å². The molecular weight excluding hydrogens is 112 g/mol. The minimum atomic E-state index is 0.639. The van der Waals surface area contributed by atoms with Gasteiger partial charge in [-0.1, -0.05) is 0 Å². The molecule has 2 atom stereocenters. The zero-order valence-electron chi connectivity index (χ0n) is 5.38. The highest BCUT2D eigenvalue weighted by atomic mass is 15.2. The SMILES string of the molecule is C1C[C@H]2N=N[C@@H]1C21CC1. The fourth-order valence-electron chi connectivity index (χ4n) is 2.43. The zero-order chi connectivity index (χ0) is 5.90. The summed E-state index contributed by atoms with van der Waals surface area (Å²) in [4.78, 5) is 0. The van der Waals surface area contributed by atoms with Crippen molar-refractivity contribution in [1.29, 1.82) is 0 Å². The normalized spacial score (nSPS) is 48.9. The second-order valence-corrected chi connectivity index (χ2v) is 3.57. The smallest absolute Gasteiger partial charge is 0.0786 e. The molecule has 1 aliphatic heterocycles. The van der Waals surface area contributed by atoms with Gasteiger partial charge in [0.15, 0.2) is 0 Å². The van der Waals surface area contributed by atoms with Crippen LogP contribution in [-0.2, 0) is 0 Å². The van der Waals surface area contributed by atoms with Crippen molar-refractivity contribution in [1.82, 2.24) is 0 Å². The Balaban J connectivity index is 2.10. The molecule has 3 rings (SSSR count). The maximum absolute atomic E-state index is 4.24. The molecule has 0 aromatic carbocycles. The van der Waals surface area contributed by atoms with Gasteiger partial charge in [0.2, 0.25) is 0 Å². The van der Waals surface area contributed by atoms with Crippen molar-refractivity contribution in [2.45, 2.75) is 37.8 Å². The highest BCUT2D eigenvalue weighted by Crippen LogP contribution is 2.63. The average molecular weight is 122 g/mol. The molecule has 3 aliphatic rings. The van der Waals surface area contributed by atoms with Gasteiger partial charge < -0.3 is 0 Å². The van der Waals surface area contributed by atoms with Gasteiger partial charge in [0.25, 0.3) is 0 Å². The monoisotopic (exact) mass is 122 g/mol. The summed E-state index contributed by atoms with van der Waals surface area (Å²) in [6, 6.07) is 1.31. The molecule has 2 aliphatic carbocycles. The summed E-state index contributed by atoms with van der Waals surface area (Å²) in [5.74, 6) is 0. The number of azo groups is 1. The Morgan fingerprint density at radius 3 is 1.78 bits per heavy atom. The largest absolute Gasteiger partial charge is 0.190 e. The Bertz CT molecular complexity index is 165.